The van der Waals surface area contributed by atoms with Crippen molar-refractivity contribution < 1.29 is 37.8 Å². The Morgan fingerprint density at radius 3 is 2.50 bits per heavy atom. The summed E-state index contributed by atoms with van der Waals surface area (Å²) >= 11 is 0.985. The number of benzene rings is 1. The van der Waals surface area contributed by atoms with Crippen LogP contribution in [0.15, 0.2) is 35.2 Å². The van der Waals surface area contributed by atoms with Gasteiger partial charge in [0.1, 0.15) is 23.4 Å². The molecule has 12 heteroatoms. The molecule has 1 atom stereocenters. The van der Waals surface area contributed by atoms with Crippen molar-refractivity contribution in [3.63, 3.8) is 0 Å². The number of Topliss-reactive ketones (excluding diaryl/α,β-unsaturated/α-hetero) is 1. The molecule has 10 nitrogen and oxygen atoms in total. The first kappa shape index (κ1) is 23.2. The van der Waals surface area contributed by atoms with Crippen LogP contribution in [0.5, 0.6) is 5.75 Å². The summed E-state index contributed by atoms with van der Waals surface area (Å²) in [5.41, 5.74) is -0.553. The van der Waals surface area contributed by atoms with E-state index in [9.17, 15) is 32.7 Å². The van der Waals surface area contributed by atoms with Crippen LogP contribution in [0.2, 0.25) is 0 Å². The van der Waals surface area contributed by atoms with Gasteiger partial charge in [-0.15, -0.1) is 11.3 Å². The zero-order valence-corrected chi connectivity index (χ0v) is 17.2. The number of carbonyl (C=O) groups is 4. The molecule has 0 bridgehead atoms. The summed E-state index contributed by atoms with van der Waals surface area (Å²) in [4.78, 5) is 45.6. The number of hydrogen-bond donors (Lipinski definition) is 4. The SMILES string of the molecule is CC(=O)CC(C=O)NC(=O)c1ccc(CNS(=O)(=O)c2ccc(O)c(C(=O)O)c2)s1. The van der Waals surface area contributed by atoms with Gasteiger partial charge < -0.3 is 20.3 Å². The number of aldehydes is 1. The van der Waals surface area contributed by atoms with Crippen molar-refractivity contribution in [1.29, 1.82) is 0 Å². The molecule has 0 saturated heterocycles. The van der Waals surface area contributed by atoms with Gasteiger partial charge in [0, 0.05) is 17.8 Å². The fraction of sp³-hybridized carbons (Fsp3) is 0.222. The third-order valence-electron chi connectivity index (χ3n) is 3.82. The van der Waals surface area contributed by atoms with Crippen LogP contribution in [0.3, 0.4) is 0 Å². The van der Waals surface area contributed by atoms with Crippen molar-refractivity contribution in [2.75, 3.05) is 0 Å². The minimum absolute atomic E-state index is 0.127. The van der Waals surface area contributed by atoms with Crippen LogP contribution in [-0.2, 0) is 26.2 Å². The predicted molar refractivity (Wildman–Crippen MR) is 106 cm³/mol. The molecule has 2 aromatic rings. The molecule has 0 saturated carbocycles. The predicted octanol–water partition coefficient (Wildman–Crippen LogP) is 0.907. The minimum Gasteiger partial charge on any atom is -0.507 e. The Kier molecular flexibility index (Phi) is 7.43. The lowest BCUT2D eigenvalue weighted by molar-refractivity contribution is -0.119. The third-order valence-corrected chi connectivity index (χ3v) is 6.30. The standard InChI is InChI=1S/C18H18N2O8S2/c1-10(22)6-11(9-21)20-17(24)16-5-2-12(29-16)8-19-30(27,28)13-3-4-15(23)14(7-13)18(25)26/h2-5,7,9,11,19,23H,6,8H2,1H3,(H,20,24)(H,25,26). The smallest absolute Gasteiger partial charge is 0.339 e. The van der Waals surface area contributed by atoms with E-state index in [1.165, 1.54) is 19.1 Å². The second-order valence-corrected chi connectivity index (χ2v) is 9.13. The molecule has 1 unspecified atom stereocenters. The fourth-order valence-corrected chi connectivity index (χ4v) is 4.35. The zero-order chi connectivity index (χ0) is 22.5. The van der Waals surface area contributed by atoms with Crippen molar-refractivity contribution in [3.8, 4) is 5.75 Å². The number of carboxylic acid groups (broad SMARTS) is 1. The average molecular weight is 454 g/mol. The van der Waals surface area contributed by atoms with Crippen molar-refractivity contribution in [2.24, 2.45) is 0 Å². The zero-order valence-electron chi connectivity index (χ0n) is 15.6. The van der Waals surface area contributed by atoms with Crippen molar-refractivity contribution >= 4 is 45.3 Å². The van der Waals surface area contributed by atoms with Gasteiger partial charge in [-0.2, -0.15) is 0 Å². The molecule has 30 heavy (non-hydrogen) atoms. The van der Waals surface area contributed by atoms with Gasteiger partial charge in [0.15, 0.2) is 0 Å². The molecular weight excluding hydrogens is 436 g/mol. The van der Waals surface area contributed by atoms with Gasteiger partial charge >= 0.3 is 5.97 Å². The maximum atomic E-state index is 12.4. The first-order chi connectivity index (χ1) is 14.0. The van der Waals surface area contributed by atoms with Crippen LogP contribution in [0.4, 0.5) is 0 Å². The molecule has 1 aromatic heterocycles. The van der Waals surface area contributed by atoms with E-state index in [-0.39, 0.29) is 28.5 Å². The van der Waals surface area contributed by atoms with Gasteiger partial charge in [-0.1, -0.05) is 0 Å². The lowest BCUT2D eigenvalue weighted by Gasteiger charge is -2.09. The number of nitrogens with one attached hydrogen (secondary N) is 2. The van der Waals surface area contributed by atoms with Crippen molar-refractivity contribution in [1.82, 2.24) is 10.0 Å². The van der Waals surface area contributed by atoms with E-state index < -0.39 is 39.3 Å². The topological polar surface area (TPSA) is 167 Å². The summed E-state index contributed by atoms with van der Waals surface area (Å²) in [5.74, 6) is -2.86. The summed E-state index contributed by atoms with van der Waals surface area (Å²) < 4.78 is 27.1. The number of aromatic carboxylic acids is 1. The van der Waals surface area contributed by atoms with E-state index in [4.69, 9.17) is 5.11 Å². The van der Waals surface area contributed by atoms with E-state index >= 15 is 0 Å². The van der Waals surface area contributed by atoms with Crippen LogP contribution < -0.4 is 10.0 Å². The number of hydrogen-bond acceptors (Lipinski definition) is 8. The number of amides is 1. The highest BCUT2D eigenvalue weighted by molar-refractivity contribution is 7.89. The maximum absolute atomic E-state index is 12.4. The molecule has 0 aliphatic heterocycles. The molecule has 0 radical (unpaired) electrons. The highest BCUT2D eigenvalue weighted by atomic mass is 32.2. The Labute approximate surface area is 175 Å². The van der Waals surface area contributed by atoms with Gasteiger partial charge in [-0.25, -0.2) is 17.9 Å². The van der Waals surface area contributed by atoms with Gasteiger partial charge in [0.25, 0.3) is 5.91 Å². The largest absolute Gasteiger partial charge is 0.507 e. The average Bonchev–Trinajstić information content (AvgIpc) is 3.14. The fourth-order valence-electron chi connectivity index (χ4n) is 2.38. The van der Waals surface area contributed by atoms with Gasteiger partial charge in [0.05, 0.1) is 15.8 Å². The van der Waals surface area contributed by atoms with Crippen LogP contribution >= 0.6 is 11.3 Å². The van der Waals surface area contributed by atoms with Crippen molar-refractivity contribution in [3.05, 3.63) is 45.6 Å². The number of aromatic hydroxyl groups is 1. The Balaban J connectivity index is 2.07. The highest BCUT2D eigenvalue weighted by Crippen LogP contribution is 2.22. The first-order valence-corrected chi connectivity index (χ1v) is 10.7. The van der Waals surface area contributed by atoms with E-state index in [0.29, 0.717) is 11.2 Å². The molecule has 1 amide bonds. The molecule has 0 aliphatic carbocycles. The van der Waals surface area contributed by atoms with Crippen LogP contribution in [0.25, 0.3) is 0 Å². The third kappa shape index (κ3) is 5.95. The number of sulfonamides is 1. The number of rotatable bonds is 10. The normalized spacial score (nSPS) is 12.2. The van der Waals surface area contributed by atoms with Crippen LogP contribution in [0, 0.1) is 0 Å². The summed E-state index contributed by atoms with van der Waals surface area (Å²) in [6.07, 6.45) is 0.337. The lowest BCUT2D eigenvalue weighted by atomic mass is 10.2. The summed E-state index contributed by atoms with van der Waals surface area (Å²) in [6.45, 7) is 1.12. The molecule has 0 fully saturated rings. The van der Waals surface area contributed by atoms with E-state index in [1.54, 1.807) is 0 Å². The van der Waals surface area contributed by atoms with Crippen LogP contribution in [0.1, 0.15) is 38.3 Å². The number of carboxylic acids is 1. The van der Waals surface area contributed by atoms with Gasteiger partial charge in [-0.05, 0) is 37.3 Å². The van der Waals surface area contributed by atoms with Crippen molar-refractivity contribution in [2.45, 2.75) is 30.8 Å². The lowest BCUT2D eigenvalue weighted by Crippen LogP contribution is -2.36. The Hall–Kier alpha value is -3.09. The molecule has 0 spiro atoms. The van der Waals surface area contributed by atoms with E-state index in [2.05, 4.69) is 10.0 Å². The maximum Gasteiger partial charge on any atom is 0.339 e. The molecular formula is C18H18N2O8S2. The summed E-state index contributed by atoms with van der Waals surface area (Å²) in [7, 11) is -4.08. The molecule has 4 N–H and O–H groups in total. The van der Waals surface area contributed by atoms with E-state index in [1.807, 2.05) is 0 Å². The second-order valence-electron chi connectivity index (χ2n) is 6.20. The summed E-state index contributed by atoms with van der Waals surface area (Å²) in [5, 5.41) is 20.9. The van der Waals surface area contributed by atoms with Gasteiger partial charge in [-0.3, -0.25) is 9.59 Å². The molecule has 0 aliphatic rings. The number of thiophene rings is 1. The minimum atomic E-state index is -4.08. The Morgan fingerprint density at radius 1 is 1.20 bits per heavy atom. The number of carbonyl (C=O) groups excluding carboxylic acids is 3. The second kappa shape index (κ2) is 9.61. The highest BCUT2D eigenvalue weighted by Gasteiger charge is 2.20. The molecule has 160 valence electrons. The summed E-state index contributed by atoms with van der Waals surface area (Å²) in [6, 6.07) is 4.88. The van der Waals surface area contributed by atoms with Gasteiger partial charge in [0.2, 0.25) is 10.0 Å². The Morgan fingerprint density at radius 2 is 1.90 bits per heavy atom. The van der Waals surface area contributed by atoms with E-state index in [0.717, 1.165) is 29.5 Å². The molecule has 1 aromatic carbocycles. The Bertz CT molecular complexity index is 1090. The molecule has 1 heterocycles. The number of ketones is 1. The molecule has 2 rings (SSSR count). The number of phenols is 1. The quantitative estimate of drug-likeness (QED) is 0.384. The van der Waals surface area contributed by atoms with Crippen LogP contribution in [-0.4, -0.2) is 48.6 Å². The monoisotopic (exact) mass is 454 g/mol. The first-order valence-electron chi connectivity index (χ1n) is 8.43.